The van der Waals surface area contributed by atoms with Gasteiger partial charge in [0.2, 0.25) is 0 Å². The van der Waals surface area contributed by atoms with Crippen LogP contribution in [0.3, 0.4) is 0 Å². The van der Waals surface area contributed by atoms with E-state index in [9.17, 15) is 9.50 Å². The van der Waals surface area contributed by atoms with Crippen LogP contribution in [0.25, 0.3) is 0 Å². The SMILES string of the molecule is CC(O)c1ccc(Oc2ccc(Br)cc2F)c(Cl)c1. The van der Waals surface area contributed by atoms with Crippen LogP contribution < -0.4 is 4.74 Å². The molecule has 1 unspecified atom stereocenters. The third-order valence-electron chi connectivity index (χ3n) is 2.55. The van der Waals surface area contributed by atoms with Crippen LogP contribution in [0.4, 0.5) is 4.39 Å². The second-order valence-corrected chi connectivity index (χ2v) is 5.37. The molecule has 2 aromatic carbocycles. The standard InChI is InChI=1S/C14H11BrClFO2/c1-8(18)9-2-4-13(11(16)6-9)19-14-5-3-10(15)7-12(14)17/h2-8,18H,1H3. The fourth-order valence-corrected chi connectivity index (χ4v) is 2.10. The van der Waals surface area contributed by atoms with E-state index in [0.717, 1.165) is 0 Å². The smallest absolute Gasteiger partial charge is 0.166 e. The fourth-order valence-electron chi connectivity index (χ4n) is 1.54. The Morgan fingerprint density at radius 1 is 1.21 bits per heavy atom. The summed E-state index contributed by atoms with van der Waals surface area (Å²) in [6.45, 7) is 1.64. The summed E-state index contributed by atoms with van der Waals surface area (Å²) in [6, 6.07) is 9.38. The lowest BCUT2D eigenvalue weighted by Crippen LogP contribution is -1.93. The molecule has 0 spiro atoms. The Kier molecular flexibility index (Phi) is 4.45. The fraction of sp³-hybridized carbons (Fsp3) is 0.143. The van der Waals surface area contributed by atoms with E-state index in [1.165, 1.54) is 12.1 Å². The Labute approximate surface area is 123 Å². The third-order valence-corrected chi connectivity index (χ3v) is 3.34. The predicted octanol–water partition coefficient (Wildman–Crippen LogP) is 5.09. The molecular formula is C14H11BrClFO2. The molecule has 0 bridgehead atoms. The van der Waals surface area contributed by atoms with Gasteiger partial charge in [0.15, 0.2) is 11.6 Å². The zero-order valence-electron chi connectivity index (χ0n) is 10.0. The number of aliphatic hydroxyl groups is 1. The van der Waals surface area contributed by atoms with E-state index in [2.05, 4.69) is 15.9 Å². The normalized spacial score (nSPS) is 12.3. The van der Waals surface area contributed by atoms with Crippen LogP contribution in [0.1, 0.15) is 18.6 Å². The van der Waals surface area contributed by atoms with Gasteiger partial charge in [0.05, 0.1) is 11.1 Å². The number of rotatable bonds is 3. The summed E-state index contributed by atoms with van der Waals surface area (Å²) in [5.41, 5.74) is 0.675. The zero-order chi connectivity index (χ0) is 14.0. The van der Waals surface area contributed by atoms with Crippen LogP contribution in [-0.4, -0.2) is 5.11 Å². The van der Waals surface area contributed by atoms with Crippen LogP contribution in [0.2, 0.25) is 5.02 Å². The highest BCUT2D eigenvalue weighted by Crippen LogP contribution is 2.33. The molecule has 1 N–H and O–H groups in total. The number of ether oxygens (including phenoxy) is 1. The average Bonchev–Trinajstić information content (AvgIpc) is 2.34. The van der Waals surface area contributed by atoms with Crippen LogP contribution in [-0.2, 0) is 0 Å². The lowest BCUT2D eigenvalue weighted by atomic mass is 10.1. The largest absolute Gasteiger partial charge is 0.453 e. The quantitative estimate of drug-likeness (QED) is 0.840. The van der Waals surface area contributed by atoms with Gasteiger partial charge < -0.3 is 9.84 Å². The minimum atomic E-state index is -0.615. The Balaban J connectivity index is 2.28. The van der Waals surface area contributed by atoms with E-state index in [1.54, 1.807) is 31.2 Å². The molecule has 100 valence electrons. The van der Waals surface area contributed by atoms with Crippen molar-refractivity contribution in [1.82, 2.24) is 0 Å². The average molecular weight is 346 g/mol. The maximum absolute atomic E-state index is 13.6. The third kappa shape index (κ3) is 3.47. The molecule has 2 aromatic rings. The van der Waals surface area contributed by atoms with Crippen molar-refractivity contribution in [2.24, 2.45) is 0 Å². The van der Waals surface area contributed by atoms with Gasteiger partial charge >= 0.3 is 0 Å². The van der Waals surface area contributed by atoms with Crippen molar-refractivity contribution < 1.29 is 14.2 Å². The van der Waals surface area contributed by atoms with Gasteiger partial charge in [-0.15, -0.1) is 0 Å². The van der Waals surface area contributed by atoms with Crippen molar-refractivity contribution >= 4 is 27.5 Å². The van der Waals surface area contributed by atoms with E-state index in [1.807, 2.05) is 0 Å². The van der Waals surface area contributed by atoms with Crippen molar-refractivity contribution in [2.75, 3.05) is 0 Å². The van der Waals surface area contributed by atoms with Gasteiger partial charge in [0.25, 0.3) is 0 Å². The molecule has 5 heteroatoms. The number of benzene rings is 2. The predicted molar refractivity (Wildman–Crippen MR) is 76.3 cm³/mol. The summed E-state index contributed by atoms with van der Waals surface area (Å²) in [6.07, 6.45) is -0.615. The van der Waals surface area contributed by atoms with Crippen molar-refractivity contribution in [2.45, 2.75) is 13.0 Å². The monoisotopic (exact) mass is 344 g/mol. The van der Waals surface area contributed by atoms with Crippen LogP contribution in [0, 0.1) is 5.82 Å². The molecule has 0 saturated carbocycles. The molecule has 0 heterocycles. The van der Waals surface area contributed by atoms with Crippen LogP contribution >= 0.6 is 27.5 Å². The van der Waals surface area contributed by atoms with E-state index in [-0.39, 0.29) is 5.75 Å². The van der Waals surface area contributed by atoms with E-state index in [0.29, 0.717) is 20.8 Å². The van der Waals surface area contributed by atoms with Gasteiger partial charge in [0, 0.05) is 4.47 Å². The topological polar surface area (TPSA) is 29.5 Å². The molecule has 0 fully saturated rings. The molecule has 19 heavy (non-hydrogen) atoms. The highest BCUT2D eigenvalue weighted by Gasteiger charge is 2.10. The Bertz CT molecular complexity index is 602. The molecule has 0 radical (unpaired) electrons. The minimum Gasteiger partial charge on any atom is -0.453 e. The minimum absolute atomic E-state index is 0.0925. The highest BCUT2D eigenvalue weighted by molar-refractivity contribution is 9.10. The van der Waals surface area contributed by atoms with Gasteiger partial charge in [0.1, 0.15) is 5.75 Å². The molecule has 0 aromatic heterocycles. The summed E-state index contributed by atoms with van der Waals surface area (Å²) in [7, 11) is 0. The first-order valence-electron chi connectivity index (χ1n) is 5.58. The Morgan fingerprint density at radius 2 is 1.89 bits per heavy atom. The molecular weight excluding hydrogens is 335 g/mol. The molecule has 0 aliphatic carbocycles. The summed E-state index contributed by atoms with van der Waals surface area (Å²) in [5.74, 6) is -0.0489. The Morgan fingerprint density at radius 3 is 2.47 bits per heavy atom. The van der Waals surface area contributed by atoms with Gasteiger partial charge in [-0.25, -0.2) is 4.39 Å². The van der Waals surface area contributed by atoms with Gasteiger partial charge in [-0.2, -0.15) is 0 Å². The maximum atomic E-state index is 13.6. The van der Waals surface area contributed by atoms with Crippen molar-refractivity contribution in [3.63, 3.8) is 0 Å². The number of hydrogen-bond acceptors (Lipinski definition) is 2. The van der Waals surface area contributed by atoms with Gasteiger partial charge in [-0.1, -0.05) is 33.6 Å². The Hall–Kier alpha value is -1.10. The highest BCUT2D eigenvalue weighted by atomic mass is 79.9. The van der Waals surface area contributed by atoms with Crippen molar-refractivity contribution in [3.8, 4) is 11.5 Å². The number of hydrogen-bond donors (Lipinski definition) is 1. The van der Waals surface area contributed by atoms with Gasteiger partial charge in [-0.05, 0) is 42.8 Å². The lowest BCUT2D eigenvalue weighted by molar-refractivity contribution is 0.199. The van der Waals surface area contributed by atoms with Crippen LogP contribution in [0.15, 0.2) is 40.9 Å². The summed E-state index contributed by atoms with van der Waals surface area (Å²) in [5, 5.41) is 9.76. The molecule has 2 rings (SSSR count). The first kappa shape index (κ1) is 14.3. The first-order chi connectivity index (χ1) is 8.97. The molecule has 0 aliphatic heterocycles. The lowest BCUT2D eigenvalue weighted by Gasteiger charge is -2.11. The number of halogens is 3. The molecule has 0 aliphatic rings. The van der Waals surface area contributed by atoms with Crippen molar-refractivity contribution in [3.05, 3.63) is 57.3 Å². The van der Waals surface area contributed by atoms with E-state index >= 15 is 0 Å². The van der Waals surface area contributed by atoms with E-state index < -0.39 is 11.9 Å². The zero-order valence-corrected chi connectivity index (χ0v) is 12.4. The maximum Gasteiger partial charge on any atom is 0.166 e. The molecule has 0 saturated heterocycles. The summed E-state index contributed by atoms with van der Waals surface area (Å²) < 4.78 is 19.7. The molecule has 2 nitrogen and oxygen atoms in total. The van der Waals surface area contributed by atoms with Gasteiger partial charge in [-0.3, -0.25) is 0 Å². The second kappa shape index (κ2) is 5.90. The second-order valence-electron chi connectivity index (χ2n) is 4.04. The summed E-state index contributed by atoms with van der Waals surface area (Å²) >= 11 is 9.21. The first-order valence-corrected chi connectivity index (χ1v) is 6.75. The van der Waals surface area contributed by atoms with Crippen molar-refractivity contribution in [1.29, 1.82) is 0 Å². The number of aliphatic hydroxyl groups excluding tert-OH is 1. The van der Waals surface area contributed by atoms with E-state index in [4.69, 9.17) is 16.3 Å². The molecule has 0 amide bonds. The molecule has 1 atom stereocenters. The van der Waals surface area contributed by atoms with Crippen LogP contribution in [0.5, 0.6) is 11.5 Å². The summed E-state index contributed by atoms with van der Waals surface area (Å²) in [4.78, 5) is 0.